The summed E-state index contributed by atoms with van der Waals surface area (Å²) in [6.07, 6.45) is 0.353. The standard InChI is InChI=1S/C15H14ClFN4O2S/c1-2-13(22)19-12-5-6-15(21-20-12)24-8-14(23)18-9-3-4-11(17)10(16)7-9/h3-7H,2,8H2,1H3,(H,18,23)(H,19,20,22). The molecule has 0 radical (unpaired) electrons. The molecular weight excluding hydrogens is 355 g/mol. The third-order valence-electron chi connectivity index (χ3n) is 2.78. The molecule has 24 heavy (non-hydrogen) atoms. The Morgan fingerprint density at radius 2 is 1.96 bits per heavy atom. The molecule has 0 bridgehead atoms. The maximum absolute atomic E-state index is 13.0. The highest BCUT2D eigenvalue weighted by Crippen LogP contribution is 2.20. The number of nitrogens with one attached hydrogen (secondary N) is 2. The molecule has 1 heterocycles. The van der Waals surface area contributed by atoms with Crippen LogP contribution in [0.2, 0.25) is 5.02 Å². The lowest BCUT2D eigenvalue weighted by Gasteiger charge is -2.06. The van der Waals surface area contributed by atoms with Crippen molar-refractivity contribution in [3.8, 4) is 0 Å². The Bertz CT molecular complexity index is 743. The molecule has 0 aliphatic heterocycles. The van der Waals surface area contributed by atoms with E-state index < -0.39 is 5.82 Å². The number of carbonyl (C=O) groups excluding carboxylic acids is 2. The molecule has 1 aromatic carbocycles. The van der Waals surface area contributed by atoms with Gasteiger partial charge in [0.1, 0.15) is 10.8 Å². The van der Waals surface area contributed by atoms with Gasteiger partial charge in [-0.05, 0) is 30.3 Å². The zero-order chi connectivity index (χ0) is 17.5. The van der Waals surface area contributed by atoms with Crippen molar-refractivity contribution in [2.24, 2.45) is 0 Å². The van der Waals surface area contributed by atoms with Gasteiger partial charge in [-0.3, -0.25) is 9.59 Å². The second-order valence-electron chi connectivity index (χ2n) is 4.62. The van der Waals surface area contributed by atoms with Crippen LogP contribution in [-0.2, 0) is 9.59 Å². The third-order valence-corrected chi connectivity index (χ3v) is 3.99. The van der Waals surface area contributed by atoms with Crippen LogP contribution in [0.5, 0.6) is 0 Å². The summed E-state index contributed by atoms with van der Waals surface area (Å²) in [5.41, 5.74) is 0.413. The zero-order valence-electron chi connectivity index (χ0n) is 12.7. The number of anilines is 2. The van der Waals surface area contributed by atoms with Crippen LogP contribution in [0.1, 0.15) is 13.3 Å². The number of amides is 2. The van der Waals surface area contributed by atoms with Gasteiger partial charge in [0.05, 0.1) is 10.8 Å². The highest BCUT2D eigenvalue weighted by Gasteiger charge is 2.08. The lowest BCUT2D eigenvalue weighted by molar-refractivity contribution is -0.116. The highest BCUT2D eigenvalue weighted by atomic mass is 35.5. The molecule has 0 fully saturated rings. The van der Waals surface area contributed by atoms with Crippen molar-refractivity contribution in [1.29, 1.82) is 0 Å². The summed E-state index contributed by atoms with van der Waals surface area (Å²) >= 11 is 6.83. The van der Waals surface area contributed by atoms with E-state index in [1.54, 1.807) is 19.1 Å². The number of aromatic nitrogens is 2. The van der Waals surface area contributed by atoms with Crippen LogP contribution in [-0.4, -0.2) is 27.8 Å². The van der Waals surface area contributed by atoms with E-state index >= 15 is 0 Å². The number of hydrogen-bond acceptors (Lipinski definition) is 5. The molecule has 0 atom stereocenters. The normalized spacial score (nSPS) is 10.3. The van der Waals surface area contributed by atoms with E-state index in [1.807, 2.05) is 0 Å². The Hall–Kier alpha value is -2.19. The van der Waals surface area contributed by atoms with Crippen molar-refractivity contribution in [3.63, 3.8) is 0 Å². The summed E-state index contributed by atoms with van der Waals surface area (Å²) in [6.45, 7) is 1.74. The van der Waals surface area contributed by atoms with E-state index in [-0.39, 0.29) is 22.6 Å². The van der Waals surface area contributed by atoms with Crippen LogP contribution >= 0.6 is 23.4 Å². The van der Waals surface area contributed by atoms with E-state index in [4.69, 9.17) is 11.6 Å². The number of hydrogen-bond donors (Lipinski definition) is 2. The van der Waals surface area contributed by atoms with Crippen LogP contribution in [0.15, 0.2) is 35.4 Å². The predicted octanol–water partition coefficient (Wildman–Crippen LogP) is 3.35. The van der Waals surface area contributed by atoms with E-state index in [0.717, 1.165) is 0 Å². The summed E-state index contributed by atoms with van der Waals surface area (Å²) < 4.78 is 13.0. The topological polar surface area (TPSA) is 84.0 Å². The molecule has 0 aliphatic rings. The molecule has 1 aromatic heterocycles. The zero-order valence-corrected chi connectivity index (χ0v) is 14.2. The van der Waals surface area contributed by atoms with Gasteiger partial charge in [0, 0.05) is 12.1 Å². The van der Waals surface area contributed by atoms with Gasteiger partial charge in [-0.1, -0.05) is 30.3 Å². The fourth-order valence-corrected chi connectivity index (χ4v) is 2.40. The van der Waals surface area contributed by atoms with Crippen molar-refractivity contribution < 1.29 is 14.0 Å². The number of thioether (sulfide) groups is 1. The van der Waals surface area contributed by atoms with Crippen molar-refractivity contribution in [1.82, 2.24) is 10.2 Å². The molecule has 6 nitrogen and oxygen atoms in total. The summed E-state index contributed by atoms with van der Waals surface area (Å²) in [5, 5.41) is 13.4. The van der Waals surface area contributed by atoms with Crippen molar-refractivity contribution >= 4 is 46.7 Å². The van der Waals surface area contributed by atoms with Crippen LogP contribution in [0.4, 0.5) is 15.9 Å². The minimum absolute atomic E-state index is 0.0592. The Kier molecular flexibility index (Phi) is 6.51. The van der Waals surface area contributed by atoms with Gasteiger partial charge in [-0.15, -0.1) is 10.2 Å². The molecular formula is C15H14ClFN4O2S. The Labute approximate surface area is 147 Å². The van der Waals surface area contributed by atoms with E-state index in [1.165, 1.54) is 30.0 Å². The second-order valence-corrected chi connectivity index (χ2v) is 6.03. The predicted molar refractivity (Wildman–Crippen MR) is 91.7 cm³/mol. The van der Waals surface area contributed by atoms with Crippen molar-refractivity contribution in [3.05, 3.63) is 41.2 Å². The molecule has 0 saturated heterocycles. The molecule has 0 spiro atoms. The minimum atomic E-state index is -0.547. The summed E-state index contributed by atoms with van der Waals surface area (Å²) in [7, 11) is 0. The van der Waals surface area contributed by atoms with Crippen LogP contribution in [0.25, 0.3) is 0 Å². The van der Waals surface area contributed by atoms with Crippen LogP contribution in [0.3, 0.4) is 0 Å². The van der Waals surface area contributed by atoms with E-state index in [9.17, 15) is 14.0 Å². The maximum atomic E-state index is 13.0. The van der Waals surface area contributed by atoms with Crippen LogP contribution < -0.4 is 10.6 Å². The highest BCUT2D eigenvalue weighted by molar-refractivity contribution is 7.99. The van der Waals surface area contributed by atoms with Crippen LogP contribution in [0, 0.1) is 5.82 Å². The van der Waals surface area contributed by atoms with Gasteiger partial charge in [0.25, 0.3) is 0 Å². The fraction of sp³-hybridized carbons (Fsp3) is 0.200. The lowest BCUT2D eigenvalue weighted by atomic mass is 10.3. The van der Waals surface area contributed by atoms with Gasteiger partial charge in [-0.25, -0.2) is 4.39 Å². The van der Waals surface area contributed by atoms with Gasteiger partial charge in [-0.2, -0.15) is 0 Å². The third kappa shape index (κ3) is 5.47. The van der Waals surface area contributed by atoms with Crippen molar-refractivity contribution in [2.75, 3.05) is 16.4 Å². The molecule has 126 valence electrons. The number of nitrogens with zero attached hydrogens (tertiary/aromatic N) is 2. The first-order valence-corrected chi connectivity index (χ1v) is 8.35. The number of halogens is 2. The Balaban J connectivity index is 1.85. The Morgan fingerprint density at radius 1 is 1.17 bits per heavy atom. The average molecular weight is 369 g/mol. The van der Waals surface area contributed by atoms with Gasteiger partial charge < -0.3 is 10.6 Å². The quantitative estimate of drug-likeness (QED) is 0.764. The molecule has 2 rings (SSSR count). The Morgan fingerprint density at radius 3 is 2.58 bits per heavy atom. The molecule has 2 N–H and O–H groups in total. The molecule has 0 saturated carbocycles. The monoisotopic (exact) mass is 368 g/mol. The molecule has 2 aromatic rings. The van der Waals surface area contributed by atoms with E-state index in [2.05, 4.69) is 20.8 Å². The van der Waals surface area contributed by atoms with Gasteiger partial charge in [0.2, 0.25) is 11.8 Å². The first-order valence-electron chi connectivity index (χ1n) is 6.99. The maximum Gasteiger partial charge on any atom is 0.234 e. The second kappa shape index (κ2) is 8.60. The van der Waals surface area contributed by atoms with E-state index in [0.29, 0.717) is 23.0 Å². The number of carbonyl (C=O) groups is 2. The molecule has 2 amide bonds. The first kappa shape index (κ1) is 18.2. The molecule has 9 heteroatoms. The fourth-order valence-electron chi connectivity index (χ4n) is 1.61. The lowest BCUT2D eigenvalue weighted by Crippen LogP contribution is -2.14. The summed E-state index contributed by atoms with van der Waals surface area (Å²) in [6, 6.07) is 7.21. The largest absolute Gasteiger partial charge is 0.325 e. The SMILES string of the molecule is CCC(=O)Nc1ccc(SCC(=O)Nc2ccc(F)c(Cl)c2)nn1. The van der Waals surface area contributed by atoms with Gasteiger partial charge in [0.15, 0.2) is 5.82 Å². The molecule has 0 unspecified atom stereocenters. The van der Waals surface area contributed by atoms with Crippen molar-refractivity contribution in [2.45, 2.75) is 18.4 Å². The summed E-state index contributed by atoms with van der Waals surface area (Å²) in [5.74, 6) is -0.522. The number of rotatable bonds is 6. The molecule has 0 aliphatic carbocycles. The first-order chi connectivity index (χ1) is 11.5. The smallest absolute Gasteiger partial charge is 0.234 e. The minimum Gasteiger partial charge on any atom is -0.325 e. The summed E-state index contributed by atoms with van der Waals surface area (Å²) in [4.78, 5) is 23.1. The number of benzene rings is 1. The van der Waals surface area contributed by atoms with Gasteiger partial charge >= 0.3 is 0 Å². The average Bonchev–Trinajstić information content (AvgIpc) is 2.57.